The van der Waals surface area contributed by atoms with Crippen molar-refractivity contribution in [3.63, 3.8) is 0 Å². The monoisotopic (exact) mass is 411 g/mol. The number of hydrogen-bond acceptors (Lipinski definition) is 4. The van der Waals surface area contributed by atoms with Crippen LogP contribution in [0.5, 0.6) is 5.75 Å². The van der Waals surface area contributed by atoms with Crippen LogP contribution in [0, 0.1) is 5.92 Å². The van der Waals surface area contributed by atoms with Crippen LogP contribution in [0.3, 0.4) is 0 Å². The second-order valence-electron chi connectivity index (χ2n) is 8.83. The molecule has 1 atom stereocenters. The van der Waals surface area contributed by atoms with Crippen LogP contribution in [0.2, 0.25) is 0 Å². The lowest BCUT2D eigenvalue weighted by atomic mass is 9.86. The summed E-state index contributed by atoms with van der Waals surface area (Å²) in [6, 6.07) is 16.7. The molecule has 4 heteroatoms. The number of carbonyl (C=O) groups is 1. The first-order valence-electron chi connectivity index (χ1n) is 11.0. The number of esters is 1. The van der Waals surface area contributed by atoms with Gasteiger partial charge in [0.1, 0.15) is 12.4 Å². The van der Waals surface area contributed by atoms with Crippen LogP contribution in [0.25, 0.3) is 0 Å². The van der Waals surface area contributed by atoms with E-state index in [0.29, 0.717) is 12.1 Å². The third kappa shape index (κ3) is 6.60. The molecule has 0 heterocycles. The first-order valence-corrected chi connectivity index (χ1v) is 11.0. The van der Waals surface area contributed by atoms with Crippen molar-refractivity contribution in [2.45, 2.75) is 72.6 Å². The van der Waals surface area contributed by atoms with Crippen molar-refractivity contribution in [3.05, 3.63) is 65.2 Å². The zero-order chi connectivity index (χ0) is 22.3. The maximum Gasteiger partial charge on any atom is 0.308 e. The van der Waals surface area contributed by atoms with E-state index in [1.165, 1.54) is 5.56 Å². The van der Waals surface area contributed by atoms with Crippen molar-refractivity contribution in [2.24, 2.45) is 5.92 Å². The van der Waals surface area contributed by atoms with Crippen LogP contribution < -0.4 is 0 Å². The fourth-order valence-electron chi connectivity index (χ4n) is 3.87. The van der Waals surface area contributed by atoms with Crippen molar-refractivity contribution in [2.75, 3.05) is 6.54 Å². The molecule has 0 fully saturated rings. The van der Waals surface area contributed by atoms with E-state index in [0.717, 1.165) is 24.1 Å². The molecule has 4 nitrogen and oxygen atoms in total. The van der Waals surface area contributed by atoms with Crippen molar-refractivity contribution >= 4 is 5.97 Å². The molecule has 0 aliphatic heterocycles. The van der Waals surface area contributed by atoms with Crippen LogP contribution in [0.15, 0.2) is 48.5 Å². The number of hydrogen-bond donors (Lipinski definition) is 1. The maximum atomic E-state index is 11.9. The van der Waals surface area contributed by atoms with E-state index in [2.05, 4.69) is 44.7 Å². The third-order valence-electron chi connectivity index (χ3n) is 5.52. The van der Waals surface area contributed by atoms with Crippen molar-refractivity contribution in [1.29, 1.82) is 0 Å². The van der Waals surface area contributed by atoms with Gasteiger partial charge in [0.2, 0.25) is 0 Å². The average molecular weight is 412 g/mol. The predicted octanol–water partition coefficient (Wildman–Crippen LogP) is 5.73. The van der Waals surface area contributed by atoms with E-state index in [4.69, 9.17) is 4.74 Å². The number of carbonyl (C=O) groups excluding carboxylic acids is 1. The van der Waals surface area contributed by atoms with Crippen LogP contribution in [0.1, 0.15) is 70.6 Å². The summed E-state index contributed by atoms with van der Waals surface area (Å²) >= 11 is 0. The minimum Gasteiger partial charge on any atom is -0.508 e. The number of benzene rings is 2. The van der Waals surface area contributed by atoms with Crippen molar-refractivity contribution < 1.29 is 14.6 Å². The zero-order valence-electron chi connectivity index (χ0n) is 19.3. The van der Waals surface area contributed by atoms with Gasteiger partial charge < -0.3 is 9.84 Å². The maximum absolute atomic E-state index is 11.9. The van der Waals surface area contributed by atoms with Crippen LogP contribution in [-0.4, -0.2) is 34.6 Å². The predicted molar refractivity (Wildman–Crippen MR) is 123 cm³/mol. The summed E-state index contributed by atoms with van der Waals surface area (Å²) < 4.78 is 5.40. The second-order valence-corrected chi connectivity index (χ2v) is 8.83. The van der Waals surface area contributed by atoms with E-state index >= 15 is 0 Å². The molecule has 2 aromatic rings. The molecule has 1 N–H and O–H groups in total. The Kier molecular flexibility index (Phi) is 8.91. The lowest BCUT2D eigenvalue weighted by molar-refractivity contribution is -0.148. The summed E-state index contributed by atoms with van der Waals surface area (Å²) in [7, 11) is 0. The highest BCUT2D eigenvalue weighted by molar-refractivity contribution is 5.71. The van der Waals surface area contributed by atoms with Gasteiger partial charge in [-0.05, 0) is 63.9 Å². The van der Waals surface area contributed by atoms with Crippen molar-refractivity contribution in [1.82, 2.24) is 4.90 Å². The Labute approximate surface area is 181 Å². The molecular formula is C26H37NO3. The van der Waals surface area contributed by atoms with E-state index in [9.17, 15) is 9.90 Å². The molecule has 2 rings (SSSR count). The standard InChI is InChI=1S/C26H37NO3/c1-18(2)26(29)30-17-21-12-13-25(28)24(16-21)23(22-10-8-7-9-11-22)14-15-27(19(3)4)20(5)6/h7-13,16,18-20,23,28H,14-15,17H2,1-6H3. The number of phenolic OH excluding ortho intramolecular Hbond substituents is 1. The Hall–Kier alpha value is -2.33. The first kappa shape index (κ1) is 23.9. The molecule has 0 spiro atoms. The number of nitrogens with zero attached hydrogens (tertiary/aromatic N) is 1. The van der Waals surface area contributed by atoms with E-state index < -0.39 is 0 Å². The van der Waals surface area contributed by atoms with Gasteiger partial charge in [-0.15, -0.1) is 0 Å². The van der Waals surface area contributed by atoms with Gasteiger partial charge in [0.05, 0.1) is 5.92 Å². The summed E-state index contributed by atoms with van der Waals surface area (Å²) in [6.45, 7) is 13.7. The van der Waals surface area contributed by atoms with E-state index in [1.807, 2.05) is 44.2 Å². The fourth-order valence-corrected chi connectivity index (χ4v) is 3.87. The summed E-state index contributed by atoms with van der Waals surface area (Å²) in [5.74, 6) is -0.0270. The fraction of sp³-hybridized carbons (Fsp3) is 0.500. The smallest absolute Gasteiger partial charge is 0.308 e. The zero-order valence-corrected chi connectivity index (χ0v) is 19.3. The highest BCUT2D eigenvalue weighted by Gasteiger charge is 2.22. The number of aromatic hydroxyl groups is 1. The van der Waals surface area contributed by atoms with Gasteiger partial charge in [-0.25, -0.2) is 0 Å². The second kappa shape index (κ2) is 11.2. The van der Waals surface area contributed by atoms with Crippen LogP contribution in [-0.2, 0) is 16.1 Å². The Morgan fingerprint density at radius 1 is 0.967 bits per heavy atom. The molecule has 1 unspecified atom stereocenters. The Morgan fingerprint density at radius 3 is 2.17 bits per heavy atom. The summed E-state index contributed by atoms with van der Waals surface area (Å²) in [5.41, 5.74) is 2.95. The molecule has 0 saturated heterocycles. The Morgan fingerprint density at radius 2 is 1.60 bits per heavy atom. The van der Waals surface area contributed by atoms with E-state index in [1.54, 1.807) is 6.07 Å². The number of ether oxygens (including phenoxy) is 1. The molecule has 0 amide bonds. The molecule has 0 saturated carbocycles. The molecule has 164 valence electrons. The lowest BCUT2D eigenvalue weighted by Crippen LogP contribution is -2.38. The Bertz CT molecular complexity index is 791. The van der Waals surface area contributed by atoms with Crippen LogP contribution in [0.4, 0.5) is 0 Å². The minimum atomic E-state index is -0.214. The SMILES string of the molecule is CC(C)C(=O)OCc1ccc(O)c(C(CCN(C(C)C)C(C)C)c2ccccc2)c1. The molecule has 2 aromatic carbocycles. The van der Waals surface area contributed by atoms with Gasteiger partial charge in [0.15, 0.2) is 0 Å². The summed E-state index contributed by atoms with van der Waals surface area (Å²) in [4.78, 5) is 14.3. The van der Waals surface area contributed by atoms with Gasteiger partial charge >= 0.3 is 5.97 Å². The van der Waals surface area contributed by atoms with Crippen molar-refractivity contribution in [3.8, 4) is 5.75 Å². The topological polar surface area (TPSA) is 49.8 Å². The van der Waals surface area contributed by atoms with Gasteiger partial charge in [-0.3, -0.25) is 9.69 Å². The molecule has 0 aliphatic rings. The molecule has 0 radical (unpaired) electrons. The molecule has 0 bridgehead atoms. The van der Waals surface area contributed by atoms with Gasteiger partial charge in [-0.1, -0.05) is 50.2 Å². The number of rotatable bonds is 10. The van der Waals surface area contributed by atoms with Gasteiger partial charge in [0, 0.05) is 23.6 Å². The third-order valence-corrected chi connectivity index (χ3v) is 5.52. The van der Waals surface area contributed by atoms with Gasteiger partial charge in [0.25, 0.3) is 0 Å². The average Bonchev–Trinajstić information content (AvgIpc) is 2.70. The van der Waals surface area contributed by atoms with Crippen LogP contribution >= 0.6 is 0 Å². The highest BCUT2D eigenvalue weighted by atomic mass is 16.5. The highest BCUT2D eigenvalue weighted by Crippen LogP contribution is 2.35. The molecule has 0 aromatic heterocycles. The number of phenols is 1. The summed E-state index contributed by atoms with van der Waals surface area (Å²) in [5, 5.41) is 10.7. The molecule has 0 aliphatic carbocycles. The Balaban J connectivity index is 2.31. The summed E-state index contributed by atoms with van der Waals surface area (Å²) in [6.07, 6.45) is 0.892. The minimum absolute atomic E-state index is 0.0620. The largest absolute Gasteiger partial charge is 0.508 e. The first-order chi connectivity index (χ1) is 14.2. The quantitative estimate of drug-likeness (QED) is 0.507. The van der Waals surface area contributed by atoms with Gasteiger partial charge in [-0.2, -0.15) is 0 Å². The lowest BCUT2D eigenvalue weighted by Gasteiger charge is -2.32. The normalized spacial score (nSPS) is 12.7. The molecule has 30 heavy (non-hydrogen) atoms. The van der Waals surface area contributed by atoms with E-state index in [-0.39, 0.29) is 30.2 Å². The molecular weight excluding hydrogens is 374 g/mol.